The highest BCUT2D eigenvalue weighted by atomic mass is 32.2. The van der Waals surface area contributed by atoms with Crippen LogP contribution in [0.1, 0.15) is 0 Å². The summed E-state index contributed by atoms with van der Waals surface area (Å²) in [5, 5.41) is 0. The second-order valence-corrected chi connectivity index (χ2v) is 6.71. The van der Waals surface area contributed by atoms with E-state index in [1.807, 2.05) is 0 Å². The van der Waals surface area contributed by atoms with Crippen LogP contribution in [0.2, 0.25) is 0 Å². The van der Waals surface area contributed by atoms with Gasteiger partial charge < -0.3 is 4.90 Å². The Morgan fingerprint density at radius 3 is 2.07 bits per heavy atom. The summed E-state index contributed by atoms with van der Waals surface area (Å²) >= 11 is 0.137. The highest BCUT2D eigenvalue weighted by Crippen LogP contribution is 2.22. The first-order valence-corrected chi connectivity index (χ1v) is 7.58. The second-order valence-electron chi connectivity index (χ2n) is 4.45. The average Bonchev–Trinajstić information content (AvgIpc) is 2.15. The smallest absolute Gasteiger partial charge is 0.0200 e. The molecule has 1 rings (SSSR count). The van der Waals surface area contributed by atoms with Gasteiger partial charge in [-0.15, -0.1) is 0 Å². The predicted molar refractivity (Wildman–Crippen MR) is 67.4 cm³/mol. The van der Waals surface area contributed by atoms with Crippen LogP contribution in [-0.2, 0) is 0 Å². The van der Waals surface area contributed by atoms with E-state index in [1.54, 1.807) is 0 Å². The Hall–Kier alpha value is 0.230. The molecule has 0 bridgehead atoms. The molecule has 0 aromatic heterocycles. The Kier molecular flexibility index (Phi) is 5.23. The lowest BCUT2D eigenvalue weighted by Crippen LogP contribution is -2.46. The molecule has 0 spiro atoms. The van der Waals surface area contributed by atoms with Crippen molar-refractivity contribution in [3.05, 3.63) is 0 Å². The lowest BCUT2D eigenvalue weighted by Gasteiger charge is -2.38. The predicted octanol–water partition coefficient (Wildman–Crippen LogP) is 0.341. The van der Waals surface area contributed by atoms with Crippen LogP contribution in [0.25, 0.3) is 0 Å². The summed E-state index contributed by atoms with van der Waals surface area (Å²) in [7, 11) is 4.29. The second kappa shape index (κ2) is 5.95. The topological polar surface area (TPSA) is 9.72 Å². The van der Waals surface area contributed by atoms with Gasteiger partial charge in [0, 0.05) is 39.3 Å². The van der Waals surface area contributed by atoms with Crippen LogP contribution in [0.4, 0.5) is 0 Å². The van der Waals surface area contributed by atoms with Gasteiger partial charge in [0.25, 0.3) is 0 Å². The summed E-state index contributed by atoms with van der Waals surface area (Å²) in [6.45, 7) is 7.47. The van der Waals surface area contributed by atoms with Crippen molar-refractivity contribution in [1.82, 2.24) is 14.1 Å². The van der Waals surface area contributed by atoms with Crippen molar-refractivity contribution in [1.29, 1.82) is 0 Å². The third-order valence-corrected chi connectivity index (χ3v) is 4.31. The molecule has 0 aliphatic carbocycles. The molecule has 0 atom stereocenters. The molecule has 86 valence electrons. The Morgan fingerprint density at radius 2 is 1.64 bits per heavy atom. The van der Waals surface area contributed by atoms with E-state index in [1.165, 1.54) is 39.3 Å². The van der Waals surface area contributed by atoms with Crippen LogP contribution in [0.5, 0.6) is 0 Å². The van der Waals surface area contributed by atoms with Crippen LogP contribution in [0.15, 0.2) is 0 Å². The van der Waals surface area contributed by atoms with E-state index in [-0.39, 0.29) is 11.1 Å². The monoisotopic (exact) mass is 219 g/mol. The first-order valence-electron chi connectivity index (χ1n) is 5.39. The van der Waals surface area contributed by atoms with Gasteiger partial charge in [0.15, 0.2) is 0 Å². The van der Waals surface area contributed by atoms with Gasteiger partial charge in [0.1, 0.15) is 0 Å². The summed E-state index contributed by atoms with van der Waals surface area (Å²) in [5.41, 5.74) is 0. The Labute approximate surface area is 91.5 Å². The number of likely N-dealkylation sites (N-methyl/N-ethyl adjacent to an activating group) is 1. The van der Waals surface area contributed by atoms with E-state index in [0.717, 1.165) is 0 Å². The molecule has 0 amide bonds. The number of piperazine rings is 1. The zero-order valence-electron chi connectivity index (χ0n) is 10.0. The van der Waals surface area contributed by atoms with Gasteiger partial charge in [-0.25, -0.2) is 11.1 Å². The summed E-state index contributed by atoms with van der Waals surface area (Å²) < 4.78 is 2.63. The van der Waals surface area contributed by atoms with Crippen molar-refractivity contribution in [3.8, 4) is 0 Å². The number of nitrogens with zero attached hydrogens (tertiary/aromatic N) is 3. The van der Waals surface area contributed by atoms with Crippen molar-refractivity contribution in [2.45, 2.75) is 0 Å². The van der Waals surface area contributed by atoms with Crippen LogP contribution in [0.3, 0.4) is 0 Å². The largest absolute Gasteiger partial charge is 0.308 e. The van der Waals surface area contributed by atoms with Crippen molar-refractivity contribution >= 4 is 11.1 Å². The molecular weight excluding hydrogens is 194 g/mol. The molecule has 4 heteroatoms. The van der Waals surface area contributed by atoms with Crippen molar-refractivity contribution in [2.75, 3.05) is 65.9 Å². The third kappa shape index (κ3) is 4.17. The maximum atomic E-state index is 2.63. The van der Waals surface area contributed by atoms with Gasteiger partial charge in [-0.3, -0.25) is 9.21 Å². The summed E-state index contributed by atoms with van der Waals surface area (Å²) in [5.74, 6) is 0. The van der Waals surface area contributed by atoms with Crippen LogP contribution in [0, 0.1) is 0 Å². The van der Waals surface area contributed by atoms with E-state index in [4.69, 9.17) is 0 Å². The van der Waals surface area contributed by atoms with Gasteiger partial charge in [-0.05, 0) is 26.6 Å². The quantitative estimate of drug-likeness (QED) is 0.684. The van der Waals surface area contributed by atoms with Crippen LogP contribution >= 0.6 is 11.1 Å². The molecule has 0 N–H and O–H groups in total. The Bertz CT molecular complexity index is 153. The fourth-order valence-electron chi connectivity index (χ4n) is 1.70. The molecule has 0 saturated carbocycles. The number of hydrogen-bond acceptors (Lipinski definition) is 3. The molecule has 1 saturated heterocycles. The zero-order valence-corrected chi connectivity index (χ0v) is 10.9. The molecular formula is C10H25N3S. The lowest BCUT2D eigenvalue weighted by molar-refractivity contribution is 0.180. The molecule has 1 fully saturated rings. The normalized spacial score (nSPS) is 21.6. The summed E-state index contributed by atoms with van der Waals surface area (Å²) in [6, 6.07) is 0. The van der Waals surface area contributed by atoms with Gasteiger partial charge in [0.05, 0.1) is 0 Å². The van der Waals surface area contributed by atoms with E-state index in [2.05, 4.69) is 40.7 Å². The molecule has 14 heavy (non-hydrogen) atoms. The van der Waals surface area contributed by atoms with Crippen molar-refractivity contribution in [3.63, 3.8) is 0 Å². The minimum absolute atomic E-state index is 0.137. The molecule has 0 aromatic rings. The first-order chi connectivity index (χ1) is 6.59. The molecule has 1 aliphatic rings. The maximum Gasteiger partial charge on any atom is 0.0200 e. The van der Waals surface area contributed by atoms with E-state index < -0.39 is 0 Å². The molecule has 0 radical (unpaired) electrons. The lowest BCUT2D eigenvalue weighted by atomic mass is 10.3. The maximum absolute atomic E-state index is 2.63. The SMILES string of the molecule is CN(C)CCN1CCN([SH](C)C)CC1. The molecule has 3 nitrogen and oxygen atoms in total. The standard InChI is InChI=1S/C10H25N3S/c1-11(2)5-6-12-7-9-13(10-8-12)14(3)4/h14H,5-10H2,1-4H3. The van der Waals surface area contributed by atoms with Crippen molar-refractivity contribution < 1.29 is 0 Å². The highest BCUT2D eigenvalue weighted by molar-refractivity contribution is 8.13. The fourth-order valence-corrected chi connectivity index (χ4v) is 2.68. The molecule has 0 unspecified atom stereocenters. The van der Waals surface area contributed by atoms with Gasteiger partial charge in [-0.2, -0.15) is 0 Å². The zero-order chi connectivity index (χ0) is 10.6. The van der Waals surface area contributed by atoms with Crippen LogP contribution < -0.4 is 0 Å². The summed E-state index contributed by atoms with van der Waals surface area (Å²) in [4.78, 5) is 4.84. The minimum Gasteiger partial charge on any atom is -0.308 e. The van der Waals surface area contributed by atoms with E-state index in [0.29, 0.717) is 0 Å². The fraction of sp³-hybridized carbons (Fsp3) is 1.00. The highest BCUT2D eigenvalue weighted by Gasteiger charge is 2.16. The molecule has 1 heterocycles. The van der Waals surface area contributed by atoms with E-state index in [9.17, 15) is 0 Å². The number of thiol groups is 1. The molecule has 0 aromatic carbocycles. The van der Waals surface area contributed by atoms with Crippen molar-refractivity contribution in [2.24, 2.45) is 0 Å². The first kappa shape index (κ1) is 12.3. The average molecular weight is 219 g/mol. The number of rotatable bonds is 4. The Balaban J connectivity index is 2.16. The van der Waals surface area contributed by atoms with Gasteiger partial charge in [-0.1, -0.05) is 0 Å². The van der Waals surface area contributed by atoms with Gasteiger partial charge >= 0.3 is 0 Å². The van der Waals surface area contributed by atoms with E-state index >= 15 is 0 Å². The van der Waals surface area contributed by atoms with Crippen LogP contribution in [-0.4, -0.2) is 80.0 Å². The van der Waals surface area contributed by atoms with Gasteiger partial charge in [0.2, 0.25) is 0 Å². The number of hydrogen-bond donors (Lipinski definition) is 1. The molecule has 1 aliphatic heterocycles. The Morgan fingerprint density at radius 1 is 1.07 bits per heavy atom. The summed E-state index contributed by atoms with van der Waals surface area (Å²) in [6.07, 6.45) is 4.70. The minimum atomic E-state index is 0.137. The third-order valence-electron chi connectivity index (χ3n) is 2.78.